The third kappa shape index (κ3) is 1.82. The highest BCUT2D eigenvalue weighted by atomic mass is 15.2. The van der Waals surface area contributed by atoms with Gasteiger partial charge in [-0.15, -0.1) is 0 Å². The van der Waals surface area contributed by atoms with Crippen molar-refractivity contribution in [2.45, 2.75) is 39.8 Å². The third-order valence-electron chi connectivity index (χ3n) is 3.02. The number of nitrogens with zero attached hydrogens (tertiary/aromatic N) is 3. The van der Waals surface area contributed by atoms with E-state index >= 15 is 0 Å². The fraction of sp³-hybridized carbons (Fsp3) is 0.727. The molecule has 3 heteroatoms. The van der Waals surface area contributed by atoms with Crippen molar-refractivity contribution in [2.75, 3.05) is 13.1 Å². The quantitative estimate of drug-likeness (QED) is 0.730. The van der Waals surface area contributed by atoms with Crippen molar-refractivity contribution in [3.63, 3.8) is 0 Å². The van der Waals surface area contributed by atoms with Crippen molar-refractivity contribution in [1.82, 2.24) is 14.5 Å². The van der Waals surface area contributed by atoms with Crippen molar-refractivity contribution in [3.8, 4) is 0 Å². The van der Waals surface area contributed by atoms with E-state index in [4.69, 9.17) is 0 Å². The lowest BCUT2D eigenvalue weighted by molar-refractivity contribution is 0.316. The Morgan fingerprint density at radius 1 is 1.36 bits per heavy atom. The zero-order valence-electron chi connectivity index (χ0n) is 9.16. The fourth-order valence-corrected chi connectivity index (χ4v) is 2.21. The van der Waals surface area contributed by atoms with Crippen molar-refractivity contribution in [2.24, 2.45) is 0 Å². The summed E-state index contributed by atoms with van der Waals surface area (Å²) in [5, 5.41) is 0. The van der Waals surface area contributed by atoms with Crippen LogP contribution in [0.3, 0.4) is 0 Å². The first-order valence-corrected chi connectivity index (χ1v) is 5.54. The van der Waals surface area contributed by atoms with Crippen molar-refractivity contribution >= 4 is 0 Å². The van der Waals surface area contributed by atoms with E-state index in [1.165, 1.54) is 37.4 Å². The van der Waals surface area contributed by atoms with Gasteiger partial charge < -0.3 is 4.57 Å². The van der Waals surface area contributed by atoms with Gasteiger partial charge in [-0.2, -0.15) is 0 Å². The van der Waals surface area contributed by atoms with Crippen LogP contribution in [0.1, 0.15) is 31.3 Å². The Kier molecular flexibility index (Phi) is 2.87. The monoisotopic (exact) mass is 193 g/mol. The molecule has 2 rings (SSSR count). The molecule has 0 amide bonds. The molecule has 0 aliphatic carbocycles. The molecule has 1 aromatic heterocycles. The number of imidazole rings is 1. The van der Waals surface area contributed by atoms with E-state index in [0.717, 1.165) is 13.1 Å². The molecule has 0 radical (unpaired) electrons. The van der Waals surface area contributed by atoms with Crippen molar-refractivity contribution in [1.29, 1.82) is 0 Å². The minimum atomic E-state index is 1.03. The number of hydrogen-bond donors (Lipinski definition) is 0. The smallest absolute Gasteiger partial charge is 0.123 e. The minimum Gasteiger partial charge on any atom is -0.332 e. The summed E-state index contributed by atoms with van der Waals surface area (Å²) in [5.74, 6) is 1.23. The molecular formula is C11H19N3. The molecule has 2 heterocycles. The number of aromatic nitrogens is 2. The molecule has 3 nitrogen and oxygen atoms in total. The van der Waals surface area contributed by atoms with Crippen LogP contribution in [0.25, 0.3) is 0 Å². The lowest BCUT2D eigenvalue weighted by Gasteiger charge is -2.15. The summed E-state index contributed by atoms with van der Waals surface area (Å²) in [5.41, 5.74) is 1.28. The van der Waals surface area contributed by atoms with Gasteiger partial charge in [-0.3, -0.25) is 4.90 Å². The van der Waals surface area contributed by atoms with E-state index in [-0.39, 0.29) is 0 Å². The molecule has 78 valence electrons. The Hall–Kier alpha value is -0.830. The number of aryl methyl sites for hydroxylation is 1. The average molecular weight is 193 g/mol. The molecule has 0 unspecified atom stereocenters. The van der Waals surface area contributed by atoms with Gasteiger partial charge in [0.1, 0.15) is 5.82 Å². The first kappa shape index (κ1) is 9.71. The van der Waals surface area contributed by atoms with Gasteiger partial charge in [-0.1, -0.05) is 0 Å². The Labute approximate surface area is 85.7 Å². The maximum atomic E-state index is 4.47. The maximum absolute atomic E-state index is 4.47. The Morgan fingerprint density at radius 2 is 2.07 bits per heavy atom. The van der Waals surface area contributed by atoms with Crippen LogP contribution in [0.15, 0.2) is 6.20 Å². The summed E-state index contributed by atoms with van der Waals surface area (Å²) in [4.78, 5) is 6.97. The van der Waals surface area contributed by atoms with Crippen LogP contribution in [0.2, 0.25) is 0 Å². The molecule has 1 aromatic rings. The topological polar surface area (TPSA) is 21.1 Å². The molecule has 0 N–H and O–H groups in total. The maximum Gasteiger partial charge on any atom is 0.123 e. The zero-order chi connectivity index (χ0) is 9.97. The number of hydrogen-bond acceptors (Lipinski definition) is 2. The molecule has 1 saturated heterocycles. The fourth-order valence-electron chi connectivity index (χ4n) is 2.21. The lowest BCUT2D eigenvalue weighted by Crippen LogP contribution is -2.21. The summed E-state index contributed by atoms with van der Waals surface area (Å²) in [7, 11) is 0. The van der Waals surface area contributed by atoms with Gasteiger partial charge >= 0.3 is 0 Å². The molecule has 0 atom stereocenters. The predicted molar refractivity (Wildman–Crippen MR) is 57.1 cm³/mol. The Balaban J connectivity index is 2.07. The highest BCUT2D eigenvalue weighted by Crippen LogP contribution is 2.13. The Morgan fingerprint density at radius 3 is 2.71 bits per heavy atom. The molecule has 1 fully saturated rings. The molecule has 0 saturated carbocycles. The van der Waals surface area contributed by atoms with Gasteiger partial charge in [0.05, 0.1) is 6.54 Å². The van der Waals surface area contributed by atoms with E-state index in [9.17, 15) is 0 Å². The van der Waals surface area contributed by atoms with Gasteiger partial charge in [0.2, 0.25) is 0 Å². The highest BCUT2D eigenvalue weighted by Gasteiger charge is 2.14. The standard InChI is InChI=1S/C11H19N3/c1-3-14-10(2)8-12-11(14)9-13-6-4-5-7-13/h8H,3-7,9H2,1-2H3. The molecular weight excluding hydrogens is 174 g/mol. The summed E-state index contributed by atoms with van der Waals surface area (Å²) in [6.45, 7) is 8.87. The van der Waals surface area contributed by atoms with E-state index in [1.54, 1.807) is 0 Å². The van der Waals surface area contributed by atoms with Crippen LogP contribution in [0, 0.1) is 6.92 Å². The van der Waals surface area contributed by atoms with Crippen LogP contribution in [-0.4, -0.2) is 27.5 Å². The predicted octanol–water partition coefficient (Wildman–Crippen LogP) is 1.81. The van der Waals surface area contributed by atoms with Crippen molar-refractivity contribution in [3.05, 3.63) is 17.7 Å². The van der Waals surface area contributed by atoms with Gasteiger partial charge in [-0.05, 0) is 39.8 Å². The molecule has 1 aliphatic heterocycles. The lowest BCUT2D eigenvalue weighted by atomic mass is 10.4. The average Bonchev–Trinajstić information content (AvgIpc) is 2.77. The third-order valence-corrected chi connectivity index (χ3v) is 3.02. The van der Waals surface area contributed by atoms with Crippen LogP contribution >= 0.6 is 0 Å². The van der Waals surface area contributed by atoms with Crippen molar-refractivity contribution < 1.29 is 0 Å². The molecule has 0 bridgehead atoms. The van der Waals surface area contributed by atoms with Crippen LogP contribution in [0.4, 0.5) is 0 Å². The zero-order valence-corrected chi connectivity index (χ0v) is 9.16. The normalized spacial score (nSPS) is 17.9. The van der Waals surface area contributed by atoms with Crippen LogP contribution < -0.4 is 0 Å². The Bertz CT molecular complexity index is 297. The van der Waals surface area contributed by atoms with E-state index in [1.807, 2.05) is 6.20 Å². The second kappa shape index (κ2) is 4.13. The summed E-state index contributed by atoms with van der Waals surface area (Å²) < 4.78 is 2.30. The summed E-state index contributed by atoms with van der Waals surface area (Å²) >= 11 is 0. The molecule has 14 heavy (non-hydrogen) atoms. The second-order valence-corrected chi connectivity index (χ2v) is 4.04. The van der Waals surface area contributed by atoms with E-state index in [0.29, 0.717) is 0 Å². The van der Waals surface area contributed by atoms with Gasteiger partial charge in [0, 0.05) is 18.4 Å². The van der Waals surface area contributed by atoms with Gasteiger partial charge in [-0.25, -0.2) is 4.98 Å². The summed E-state index contributed by atoms with van der Waals surface area (Å²) in [6.07, 6.45) is 4.69. The SMILES string of the molecule is CCn1c(C)cnc1CN1CCCC1. The highest BCUT2D eigenvalue weighted by molar-refractivity contribution is 5.03. The first-order valence-electron chi connectivity index (χ1n) is 5.54. The number of rotatable bonds is 3. The van der Waals surface area contributed by atoms with E-state index in [2.05, 4.69) is 28.3 Å². The second-order valence-electron chi connectivity index (χ2n) is 4.04. The van der Waals surface area contributed by atoms with Gasteiger partial charge in [0.25, 0.3) is 0 Å². The largest absolute Gasteiger partial charge is 0.332 e. The van der Waals surface area contributed by atoms with Crippen LogP contribution in [-0.2, 0) is 13.1 Å². The first-order chi connectivity index (χ1) is 6.81. The molecule has 1 aliphatic rings. The molecule has 0 aromatic carbocycles. The van der Waals surface area contributed by atoms with Crippen LogP contribution in [0.5, 0.6) is 0 Å². The van der Waals surface area contributed by atoms with E-state index < -0.39 is 0 Å². The minimum absolute atomic E-state index is 1.03. The number of likely N-dealkylation sites (tertiary alicyclic amines) is 1. The summed E-state index contributed by atoms with van der Waals surface area (Å²) in [6, 6.07) is 0. The van der Waals surface area contributed by atoms with Gasteiger partial charge in [0.15, 0.2) is 0 Å². The molecule has 0 spiro atoms.